The molecule has 2 N–H and O–H groups in total. The molecule has 1 fully saturated rings. The maximum atomic E-state index is 13.0. The number of nitrogens with one attached hydrogen (secondary N) is 1. The van der Waals surface area contributed by atoms with Crippen LogP contribution in [0.3, 0.4) is 0 Å². The van der Waals surface area contributed by atoms with Crippen LogP contribution in [-0.4, -0.2) is 53.7 Å². The molecular weight excluding hydrogens is 312 g/mol. The molecule has 1 saturated heterocycles. The van der Waals surface area contributed by atoms with Crippen molar-refractivity contribution in [3.05, 3.63) is 35.9 Å². The number of carbonyl (C=O) groups excluding carboxylic acids is 3. The highest BCUT2D eigenvalue weighted by Gasteiger charge is 2.54. The molecule has 0 bridgehead atoms. The van der Waals surface area contributed by atoms with Crippen LogP contribution >= 0.6 is 0 Å². The molecule has 0 saturated carbocycles. The Bertz CT molecular complexity index is 619. The normalized spacial score (nSPS) is 22.5. The molecule has 0 aromatic heterocycles. The van der Waals surface area contributed by atoms with Crippen LogP contribution in [0.25, 0.3) is 0 Å². The van der Waals surface area contributed by atoms with E-state index >= 15 is 0 Å². The van der Waals surface area contributed by atoms with Crippen LogP contribution in [0, 0.1) is 0 Å². The fourth-order valence-corrected chi connectivity index (χ4v) is 2.87. The lowest BCUT2D eigenvalue weighted by molar-refractivity contribution is -0.146. The number of benzene rings is 1. The Balaban J connectivity index is 2.33. The Morgan fingerprint density at radius 1 is 1.21 bits per heavy atom. The summed E-state index contributed by atoms with van der Waals surface area (Å²) in [4.78, 5) is 38.5. The van der Waals surface area contributed by atoms with Crippen LogP contribution in [0.5, 0.6) is 0 Å². The van der Waals surface area contributed by atoms with Crippen molar-refractivity contribution in [1.82, 2.24) is 10.2 Å². The van der Waals surface area contributed by atoms with Crippen molar-refractivity contribution >= 4 is 17.8 Å². The zero-order valence-corrected chi connectivity index (χ0v) is 13.8. The van der Waals surface area contributed by atoms with Crippen LogP contribution in [0.1, 0.15) is 25.8 Å². The monoisotopic (exact) mass is 334 g/mol. The summed E-state index contributed by atoms with van der Waals surface area (Å²) in [6.45, 7) is 3.69. The van der Waals surface area contributed by atoms with Crippen LogP contribution in [0.2, 0.25) is 0 Å². The molecule has 0 radical (unpaired) electrons. The van der Waals surface area contributed by atoms with Crippen LogP contribution in [-0.2, 0) is 19.7 Å². The highest BCUT2D eigenvalue weighted by Crippen LogP contribution is 2.33. The lowest BCUT2D eigenvalue weighted by atomic mass is 9.74. The van der Waals surface area contributed by atoms with Gasteiger partial charge in [-0.05, 0) is 18.9 Å². The maximum absolute atomic E-state index is 13.0. The van der Waals surface area contributed by atoms with Crippen LogP contribution in [0.15, 0.2) is 30.3 Å². The molecule has 0 aliphatic carbocycles. The number of nitrogens with zero attached hydrogens (tertiary/aromatic N) is 1. The number of aliphatic hydroxyl groups is 1. The number of carbonyl (C=O) groups is 3. The number of rotatable bonds is 7. The average molecular weight is 334 g/mol. The minimum atomic E-state index is -1.47. The fraction of sp³-hybridized carbons (Fsp3) is 0.471. The van der Waals surface area contributed by atoms with E-state index in [1.807, 2.05) is 0 Å². The van der Waals surface area contributed by atoms with E-state index in [9.17, 15) is 19.5 Å². The topological polar surface area (TPSA) is 95.9 Å². The van der Waals surface area contributed by atoms with E-state index in [0.717, 1.165) is 4.90 Å². The van der Waals surface area contributed by atoms with Gasteiger partial charge >= 0.3 is 6.03 Å². The van der Waals surface area contributed by atoms with Crippen molar-refractivity contribution < 1.29 is 24.2 Å². The summed E-state index contributed by atoms with van der Waals surface area (Å²) in [6, 6.07) is 7.81. The van der Waals surface area contributed by atoms with Crippen molar-refractivity contribution in [2.75, 3.05) is 19.8 Å². The van der Waals surface area contributed by atoms with E-state index in [1.165, 1.54) is 0 Å². The molecule has 1 aliphatic rings. The minimum Gasteiger partial charge on any atom is -0.389 e. The van der Waals surface area contributed by atoms with Gasteiger partial charge in [0.05, 0.1) is 19.3 Å². The first kappa shape index (κ1) is 18.1. The molecular formula is C17H22N2O5. The first-order valence-electron chi connectivity index (χ1n) is 7.96. The second kappa shape index (κ2) is 7.55. The van der Waals surface area contributed by atoms with Gasteiger partial charge in [-0.25, -0.2) is 4.79 Å². The molecule has 7 heteroatoms. The number of aliphatic hydroxyl groups excluding tert-OH is 1. The molecule has 7 nitrogen and oxygen atoms in total. The fourth-order valence-electron chi connectivity index (χ4n) is 2.87. The molecule has 1 aromatic carbocycles. The number of hydrogen-bond acceptors (Lipinski definition) is 5. The van der Waals surface area contributed by atoms with E-state index in [-0.39, 0.29) is 19.6 Å². The van der Waals surface area contributed by atoms with Crippen LogP contribution < -0.4 is 5.32 Å². The summed E-state index contributed by atoms with van der Waals surface area (Å²) in [7, 11) is 0. The number of imide groups is 2. The quantitative estimate of drug-likeness (QED) is 0.720. The van der Waals surface area contributed by atoms with E-state index < -0.39 is 29.4 Å². The summed E-state index contributed by atoms with van der Waals surface area (Å²) in [5, 5.41) is 12.2. The Morgan fingerprint density at radius 2 is 1.88 bits per heavy atom. The van der Waals surface area contributed by atoms with Crippen molar-refractivity contribution in [2.45, 2.75) is 31.8 Å². The number of hydrogen-bond donors (Lipinski definition) is 2. The second-order valence-corrected chi connectivity index (χ2v) is 5.61. The third-order valence-electron chi connectivity index (χ3n) is 4.17. The Kier molecular flexibility index (Phi) is 5.69. The van der Waals surface area contributed by atoms with Gasteiger partial charge in [-0.15, -0.1) is 0 Å². The van der Waals surface area contributed by atoms with Crippen molar-refractivity contribution in [2.24, 2.45) is 0 Å². The van der Waals surface area contributed by atoms with Gasteiger partial charge in [-0.1, -0.05) is 37.3 Å². The lowest BCUT2D eigenvalue weighted by Gasteiger charge is -2.39. The Morgan fingerprint density at radius 3 is 2.46 bits per heavy atom. The summed E-state index contributed by atoms with van der Waals surface area (Å²) in [6.07, 6.45) is -0.814. The smallest absolute Gasteiger partial charge is 0.330 e. The number of β-amino-alcohol motifs (C(OH)–C–C–N with tert-alkyl or cyclic N) is 1. The van der Waals surface area contributed by atoms with Crippen molar-refractivity contribution in [1.29, 1.82) is 0 Å². The molecule has 1 heterocycles. The molecule has 1 aliphatic heterocycles. The molecule has 4 amide bonds. The van der Waals surface area contributed by atoms with Crippen molar-refractivity contribution in [3.8, 4) is 0 Å². The van der Waals surface area contributed by atoms with Gasteiger partial charge in [0.15, 0.2) is 5.41 Å². The van der Waals surface area contributed by atoms with Gasteiger partial charge in [0.25, 0.3) is 5.91 Å². The summed E-state index contributed by atoms with van der Waals surface area (Å²) in [5.41, 5.74) is -0.952. The van der Waals surface area contributed by atoms with E-state index in [4.69, 9.17) is 4.74 Å². The van der Waals surface area contributed by atoms with Gasteiger partial charge in [0, 0.05) is 6.61 Å². The number of barbiturate groups is 1. The number of ether oxygens (including phenoxy) is 1. The molecule has 2 unspecified atom stereocenters. The molecule has 0 spiro atoms. The van der Waals surface area contributed by atoms with Gasteiger partial charge in [-0.2, -0.15) is 0 Å². The molecule has 24 heavy (non-hydrogen) atoms. The number of amides is 4. The van der Waals surface area contributed by atoms with E-state index in [2.05, 4.69) is 5.32 Å². The maximum Gasteiger partial charge on any atom is 0.330 e. The third-order valence-corrected chi connectivity index (χ3v) is 4.17. The Labute approximate surface area is 140 Å². The number of urea groups is 1. The minimum absolute atomic E-state index is 0.00592. The van der Waals surface area contributed by atoms with Gasteiger partial charge in [0.1, 0.15) is 0 Å². The van der Waals surface area contributed by atoms with Gasteiger partial charge in [0.2, 0.25) is 5.91 Å². The largest absolute Gasteiger partial charge is 0.389 e. The first-order chi connectivity index (χ1) is 11.5. The van der Waals surface area contributed by atoms with Gasteiger partial charge in [-0.3, -0.25) is 19.8 Å². The zero-order chi connectivity index (χ0) is 17.7. The van der Waals surface area contributed by atoms with Crippen LogP contribution in [0.4, 0.5) is 4.79 Å². The SMILES string of the molecule is CCOCC(O)CN1C(=O)NC(=O)C(CC)(c2ccccc2)C1=O. The first-order valence-corrected chi connectivity index (χ1v) is 7.96. The van der Waals surface area contributed by atoms with Crippen molar-refractivity contribution in [3.63, 3.8) is 0 Å². The van der Waals surface area contributed by atoms with Gasteiger partial charge < -0.3 is 9.84 Å². The highest BCUT2D eigenvalue weighted by atomic mass is 16.5. The van der Waals surface area contributed by atoms with E-state index in [1.54, 1.807) is 44.2 Å². The molecule has 130 valence electrons. The third kappa shape index (κ3) is 3.18. The predicted molar refractivity (Wildman–Crippen MR) is 86.2 cm³/mol. The Hall–Kier alpha value is -2.25. The van der Waals surface area contributed by atoms with E-state index in [0.29, 0.717) is 12.2 Å². The standard InChI is InChI=1S/C17H22N2O5/c1-3-17(12-8-6-5-7-9-12)14(21)18-16(23)19(15(17)22)10-13(20)11-24-4-2/h5-9,13,20H,3-4,10-11H2,1-2H3,(H,18,21,23). The average Bonchev–Trinajstić information content (AvgIpc) is 2.58. The molecule has 2 rings (SSSR count). The highest BCUT2D eigenvalue weighted by molar-refractivity contribution is 6.22. The summed E-state index contributed by atoms with van der Waals surface area (Å²) >= 11 is 0. The summed E-state index contributed by atoms with van der Waals surface area (Å²) in [5.74, 6) is -1.26. The zero-order valence-electron chi connectivity index (χ0n) is 13.8. The predicted octanol–water partition coefficient (Wildman–Crippen LogP) is 0.810. The molecule has 1 aromatic rings. The molecule has 2 atom stereocenters. The summed E-state index contributed by atoms with van der Waals surface area (Å²) < 4.78 is 5.10. The second-order valence-electron chi connectivity index (χ2n) is 5.61. The lowest BCUT2D eigenvalue weighted by Crippen LogP contribution is -2.66.